The van der Waals surface area contributed by atoms with Crippen LogP contribution in [-0.2, 0) is 10.0 Å². The highest BCUT2D eigenvalue weighted by molar-refractivity contribution is 9.10. The lowest BCUT2D eigenvalue weighted by Gasteiger charge is -2.20. The van der Waals surface area contributed by atoms with Crippen LogP contribution < -0.4 is 10.4 Å². The zero-order chi connectivity index (χ0) is 29.3. The minimum Gasteiger partial charge on any atom is -0.463 e. The van der Waals surface area contributed by atoms with Crippen LogP contribution in [0.15, 0.2) is 96.7 Å². The van der Waals surface area contributed by atoms with Gasteiger partial charge in [-0.2, -0.15) is 14.4 Å². The van der Waals surface area contributed by atoms with E-state index in [-0.39, 0.29) is 26.6 Å². The number of halogens is 1. The van der Waals surface area contributed by atoms with Crippen molar-refractivity contribution in [1.29, 1.82) is 0 Å². The minimum absolute atomic E-state index is 0.134. The average Bonchev–Trinajstić information content (AvgIpc) is 3.20. The second kappa shape index (κ2) is 11.9. The molecule has 1 aliphatic heterocycles. The zero-order valence-electron chi connectivity index (χ0n) is 22.3. The van der Waals surface area contributed by atoms with Gasteiger partial charge >= 0.3 is 0 Å². The maximum Gasteiger partial charge on any atom is 0.280 e. The topological polar surface area (TPSA) is 113 Å². The first-order valence-electron chi connectivity index (χ1n) is 13.4. The van der Waals surface area contributed by atoms with E-state index in [0.29, 0.717) is 29.6 Å². The summed E-state index contributed by atoms with van der Waals surface area (Å²) in [7, 11) is -3.67. The summed E-state index contributed by atoms with van der Waals surface area (Å²) < 4.78 is 35.3. The van der Waals surface area contributed by atoms with Crippen LogP contribution in [0.25, 0.3) is 21.2 Å². The number of hydrogen-bond donors (Lipinski definition) is 0. The molecule has 3 heterocycles. The van der Waals surface area contributed by atoms with E-state index in [9.17, 15) is 18.0 Å². The van der Waals surface area contributed by atoms with Crippen molar-refractivity contribution in [2.24, 2.45) is 5.10 Å². The number of fused-ring (bicyclic) bond motifs is 2. The van der Waals surface area contributed by atoms with E-state index in [4.69, 9.17) is 4.42 Å². The second-order valence-electron chi connectivity index (χ2n) is 9.83. The van der Waals surface area contributed by atoms with Crippen LogP contribution in [0, 0.1) is 0 Å². The Morgan fingerprint density at radius 3 is 2.52 bits per heavy atom. The molecular weight excluding hydrogens is 640 g/mol. The van der Waals surface area contributed by atoms with Crippen molar-refractivity contribution >= 4 is 75.7 Å². The fourth-order valence-corrected chi connectivity index (χ4v) is 7.78. The lowest BCUT2D eigenvalue weighted by Crippen LogP contribution is -2.32. The van der Waals surface area contributed by atoms with Gasteiger partial charge in [0.25, 0.3) is 5.91 Å². The Balaban J connectivity index is 1.36. The molecule has 0 bridgehead atoms. The van der Waals surface area contributed by atoms with Crippen molar-refractivity contribution in [3.63, 3.8) is 0 Å². The molecule has 214 valence electrons. The molecule has 1 fully saturated rings. The Kier molecular flexibility index (Phi) is 8.04. The number of nitrogens with zero attached hydrogens (tertiary/aromatic N) is 4. The predicted octanol–water partition coefficient (Wildman–Crippen LogP) is 6.41. The summed E-state index contributed by atoms with van der Waals surface area (Å²) in [6.45, 7) is 0.976. The lowest BCUT2D eigenvalue weighted by molar-refractivity contribution is 0.0987. The molecule has 0 unspecified atom stereocenters. The molecule has 0 saturated carbocycles. The number of benzene rings is 3. The summed E-state index contributed by atoms with van der Waals surface area (Å²) in [5, 5.41) is 6.19. The van der Waals surface area contributed by atoms with Crippen LogP contribution in [0.5, 0.6) is 0 Å². The summed E-state index contributed by atoms with van der Waals surface area (Å²) in [6.07, 6.45) is 6.26. The monoisotopic (exact) mass is 664 g/mol. The SMILES string of the molecule is O=C(c1ccc(S(=O)(=O)N2CCCCCC2)cc1)N(/N=C/c1coc2ccccc2c1=O)c1nc2ccc(Br)cc2s1. The van der Waals surface area contributed by atoms with Crippen molar-refractivity contribution in [1.82, 2.24) is 9.29 Å². The molecule has 0 aliphatic carbocycles. The van der Waals surface area contributed by atoms with Gasteiger partial charge in [-0.25, -0.2) is 13.4 Å². The predicted molar refractivity (Wildman–Crippen MR) is 168 cm³/mol. The van der Waals surface area contributed by atoms with Crippen molar-refractivity contribution in [3.05, 3.63) is 98.8 Å². The zero-order valence-corrected chi connectivity index (χ0v) is 25.5. The van der Waals surface area contributed by atoms with E-state index in [1.807, 2.05) is 18.2 Å². The van der Waals surface area contributed by atoms with Crippen LogP contribution >= 0.6 is 27.3 Å². The first-order chi connectivity index (χ1) is 20.3. The van der Waals surface area contributed by atoms with Gasteiger partial charge in [-0.3, -0.25) is 9.59 Å². The average molecular weight is 666 g/mol. The highest BCUT2D eigenvalue weighted by atomic mass is 79.9. The first kappa shape index (κ1) is 28.4. The van der Waals surface area contributed by atoms with Crippen molar-refractivity contribution in [2.75, 3.05) is 18.1 Å². The molecule has 3 aromatic carbocycles. The molecule has 1 amide bonds. The Morgan fingerprint density at radius 1 is 1.02 bits per heavy atom. The Morgan fingerprint density at radius 2 is 1.76 bits per heavy atom. The molecule has 0 atom stereocenters. The molecule has 0 spiro atoms. The number of anilines is 1. The summed E-state index contributed by atoms with van der Waals surface area (Å²) in [5.74, 6) is -0.534. The number of thiazole rings is 1. The summed E-state index contributed by atoms with van der Waals surface area (Å²) in [4.78, 5) is 31.6. The van der Waals surface area contributed by atoms with Gasteiger partial charge in [-0.1, -0.05) is 52.2 Å². The molecule has 5 aromatic rings. The number of hydrogen-bond acceptors (Lipinski definition) is 8. The van der Waals surface area contributed by atoms with Crippen LogP contribution in [0.4, 0.5) is 5.13 Å². The van der Waals surface area contributed by atoms with Gasteiger partial charge in [-0.15, -0.1) is 0 Å². The van der Waals surface area contributed by atoms with Gasteiger partial charge in [0.05, 0.1) is 32.3 Å². The summed E-state index contributed by atoms with van der Waals surface area (Å²) in [6, 6.07) is 18.3. The third-order valence-corrected chi connectivity index (χ3v) is 10.4. The number of rotatable bonds is 6. The summed E-state index contributed by atoms with van der Waals surface area (Å²) in [5.41, 5.74) is 1.21. The molecular formula is C30H25BrN4O5S2. The summed E-state index contributed by atoms with van der Waals surface area (Å²) >= 11 is 4.72. The number of amides is 1. The molecule has 9 nitrogen and oxygen atoms in total. The number of aromatic nitrogens is 1. The van der Waals surface area contributed by atoms with Crippen molar-refractivity contribution in [2.45, 2.75) is 30.6 Å². The van der Waals surface area contributed by atoms with E-state index in [1.165, 1.54) is 52.4 Å². The van der Waals surface area contributed by atoms with E-state index >= 15 is 0 Å². The van der Waals surface area contributed by atoms with Crippen LogP contribution in [0.1, 0.15) is 41.6 Å². The quantitative estimate of drug-likeness (QED) is 0.153. The highest BCUT2D eigenvalue weighted by Gasteiger charge is 2.27. The van der Waals surface area contributed by atoms with Gasteiger partial charge < -0.3 is 4.42 Å². The molecule has 0 radical (unpaired) electrons. The van der Waals surface area contributed by atoms with Gasteiger partial charge in [0.2, 0.25) is 20.6 Å². The molecule has 0 N–H and O–H groups in total. The maximum atomic E-state index is 13.8. The lowest BCUT2D eigenvalue weighted by atomic mass is 10.2. The first-order valence-corrected chi connectivity index (χ1v) is 16.4. The molecule has 1 saturated heterocycles. The number of sulfonamides is 1. The van der Waals surface area contributed by atoms with Crippen LogP contribution in [-0.4, -0.2) is 42.9 Å². The van der Waals surface area contributed by atoms with Gasteiger partial charge in [0, 0.05) is 23.1 Å². The van der Waals surface area contributed by atoms with Gasteiger partial charge in [-0.05, 0) is 67.4 Å². The molecule has 42 heavy (non-hydrogen) atoms. The Labute approximate surface area is 254 Å². The highest BCUT2D eigenvalue weighted by Crippen LogP contribution is 2.32. The minimum atomic E-state index is -3.67. The number of para-hydroxylation sites is 1. The standard InChI is InChI=1S/C30H25BrN4O5S2/c31-22-11-14-25-27(17-22)41-30(33-25)35(32-18-21-19-40-26-8-4-3-7-24(26)28(21)36)29(37)20-9-12-23(13-10-20)42(38,39)34-15-5-1-2-6-16-34/h3-4,7-14,17-19H,1-2,5-6,15-16H2/b32-18+. The normalized spacial score (nSPS) is 14.9. The molecule has 2 aromatic heterocycles. The molecule has 6 rings (SSSR count). The Hall–Kier alpha value is -3.71. The molecule has 1 aliphatic rings. The fraction of sp³-hybridized carbons (Fsp3) is 0.200. The van der Waals surface area contributed by atoms with Crippen molar-refractivity contribution in [3.8, 4) is 0 Å². The fourth-order valence-electron chi connectivity index (χ4n) is 4.79. The number of hydrazone groups is 1. The largest absolute Gasteiger partial charge is 0.463 e. The van der Waals surface area contributed by atoms with E-state index in [1.54, 1.807) is 24.3 Å². The second-order valence-corrected chi connectivity index (χ2v) is 13.7. The number of carbonyl (C=O) groups is 1. The molecule has 12 heteroatoms. The third kappa shape index (κ3) is 5.67. The maximum absolute atomic E-state index is 13.8. The van der Waals surface area contributed by atoms with Gasteiger partial charge in [0.15, 0.2) is 0 Å². The van der Waals surface area contributed by atoms with E-state index < -0.39 is 15.9 Å². The van der Waals surface area contributed by atoms with E-state index in [2.05, 4.69) is 26.0 Å². The number of carbonyl (C=O) groups excluding carboxylic acids is 1. The van der Waals surface area contributed by atoms with Crippen molar-refractivity contribution < 1.29 is 17.6 Å². The smallest absolute Gasteiger partial charge is 0.280 e. The van der Waals surface area contributed by atoms with Crippen LogP contribution in [0.2, 0.25) is 0 Å². The third-order valence-electron chi connectivity index (χ3n) is 7.04. The van der Waals surface area contributed by atoms with E-state index in [0.717, 1.165) is 39.9 Å². The Bertz CT molecular complexity index is 1980. The van der Waals surface area contributed by atoms with Crippen LogP contribution in [0.3, 0.4) is 0 Å². The van der Waals surface area contributed by atoms with Gasteiger partial charge in [0.1, 0.15) is 11.8 Å².